The molecule has 0 atom stereocenters. The number of hydrogen-bond donors (Lipinski definition) is 2. The summed E-state index contributed by atoms with van der Waals surface area (Å²) < 4.78 is 0. The number of benzene rings is 1. The van der Waals surface area contributed by atoms with Crippen molar-refractivity contribution in [2.75, 3.05) is 33.2 Å². The molecule has 1 aromatic rings. The summed E-state index contributed by atoms with van der Waals surface area (Å²) in [5, 5.41) is 7.42. The summed E-state index contributed by atoms with van der Waals surface area (Å²) in [4.78, 5) is 6.69. The SMILES string of the molecule is CCN(CC)CCCCNC(=NC)NCc1cccc(Cl)c1.I. The van der Waals surface area contributed by atoms with Crippen molar-refractivity contribution in [3.8, 4) is 0 Å². The van der Waals surface area contributed by atoms with Crippen molar-refractivity contribution in [1.82, 2.24) is 15.5 Å². The zero-order valence-corrected chi connectivity index (χ0v) is 17.5. The van der Waals surface area contributed by atoms with Gasteiger partial charge in [0.15, 0.2) is 5.96 Å². The second-order valence-corrected chi connectivity index (χ2v) is 5.65. The standard InChI is InChI=1S/C17H29ClN4.HI/c1-4-22(5-2)12-7-6-11-20-17(19-3)21-14-15-9-8-10-16(18)13-15;/h8-10,13H,4-7,11-12,14H2,1-3H3,(H2,19,20,21);1H. The second-order valence-electron chi connectivity index (χ2n) is 5.22. The number of hydrogen-bond acceptors (Lipinski definition) is 2. The van der Waals surface area contributed by atoms with Gasteiger partial charge in [0.25, 0.3) is 0 Å². The zero-order chi connectivity index (χ0) is 16.2. The molecule has 1 rings (SSSR count). The first-order valence-electron chi connectivity index (χ1n) is 8.10. The van der Waals surface area contributed by atoms with Crippen LogP contribution in [0.3, 0.4) is 0 Å². The van der Waals surface area contributed by atoms with Gasteiger partial charge < -0.3 is 15.5 Å². The molecular formula is C17H30ClIN4. The molecule has 0 amide bonds. The Bertz CT molecular complexity index is 450. The molecule has 23 heavy (non-hydrogen) atoms. The van der Waals surface area contributed by atoms with Crippen LogP contribution in [0.4, 0.5) is 0 Å². The fraction of sp³-hybridized carbons (Fsp3) is 0.588. The topological polar surface area (TPSA) is 39.7 Å². The highest BCUT2D eigenvalue weighted by molar-refractivity contribution is 14.0. The minimum absolute atomic E-state index is 0. The molecular weight excluding hydrogens is 423 g/mol. The van der Waals surface area contributed by atoms with E-state index in [0.29, 0.717) is 0 Å². The average Bonchev–Trinajstić information content (AvgIpc) is 2.54. The molecule has 0 heterocycles. The molecule has 0 unspecified atom stereocenters. The van der Waals surface area contributed by atoms with Crippen molar-refractivity contribution in [2.45, 2.75) is 33.2 Å². The Hall–Kier alpha value is -0.530. The van der Waals surface area contributed by atoms with Gasteiger partial charge in [-0.2, -0.15) is 0 Å². The van der Waals surface area contributed by atoms with Crippen LogP contribution < -0.4 is 10.6 Å². The van der Waals surface area contributed by atoms with E-state index in [0.717, 1.165) is 49.1 Å². The lowest BCUT2D eigenvalue weighted by molar-refractivity contribution is 0.297. The van der Waals surface area contributed by atoms with Gasteiger partial charge in [0, 0.05) is 25.2 Å². The molecule has 0 bridgehead atoms. The van der Waals surface area contributed by atoms with Gasteiger partial charge in [-0.3, -0.25) is 4.99 Å². The number of guanidine groups is 1. The van der Waals surface area contributed by atoms with Crippen LogP contribution in [-0.2, 0) is 6.54 Å². The third-order valence-corrected chi connectivity index (χ3v) is 3.90. The summed E-state index contributed by atoms with van der Waals surface area (Å²) in [6.45, 7) is 9.52. The van der Waals surface area contributed by atoms with Crippen LogP contribution in [0.25, 0.3) is 0 Å². The molecule has 0 aliphatic carbocycles. The van der Waals surface area contributed by atoms with Gasteiger partial charge >= 0.3 is 0 Å². The maximum absolute atomic E-state index is 5.98. The lowest BCUT2D eigenvalue weighted by atomic mass is 10.2. The van der Waals surface area contributed by atoms with Gasteiger partial charge in [-0.15, -0.1) is 24.0 Å². The number of halogens is 2. The molecule has 2 N–H and O–H groups in total. The quantitative estimate of drug-likeness (QED) is 0.259. The Morgan fingerprint density at radius 3 is 2.52 bits per heavy atom. The Morgan fingerprint density at radius 2 is 1.91 bits per heavy atom. The van der Waals surface area contributed by atoms with Crippen molar-refractivity contribution in [3.05, 3.63) is 34.9 Å². The Balaban J connectivity index is 0.00000484. The third kappa shape index (κ3) is 10.0. The largest absolute Gasteiger partial charge is 0.356 e. The van der Waals surface area contributed by atoms with Crippen molar-refractivity contribution in [3.63, 3.8) is 0 Å². The predicted molar refractivity (Wildman–Crippen MR) is 112 cm³/mol. The van der Waals surface area contributed by atoms with E-state index in [1.165, 1.54) is 13.0 Å². The van der Waals surface area contributed by atoms with Gasteiger partial charge in [0.05, 0.1) is 0 Å². The molecule has 6 heteroatoms. The molecule has 0 fully saturated rings. The second kappa shape index (κ2) is 13.9. The van der Waals surface area contributed by atoms with Crippen molar-refractivity contribution < 1.29 is 0 Å². The Morgan fingerprint density at radius 1 is 1.17 bits per heavy atom. The number of unbranched alkanes of at least 4 members (excludes halogenated alkanes) is 1. The van der Waals surface area contributed by atoms with Crippen LogP contribution >= 0.6 is 35.6 Å². The molecule has 132 valence electrons. The van der Waals surface area contributed by atoms with E-state index >= 15 is 0 Å². The number of aliphatic imine (C=N–C) groups is 1. The minimum atomic E-state index is 0. The van der Waals surface area contributed by atoms with Gasteiger partial charge in [-0.25, -0.2) is 0 Å². The van der Waals surface area contributed by atoms with Crippen LogP contribution in [0.5, 0.6) is 0 Å². The van der Waals surface area contributed by atoms with Crippen LogP contribution in [-0.4, -0.2) is 44.1 Å². The van der Waals surface area contributed by atoms with Crippen molar-refractivity contribution in [1.29, 1.82) is 0 Å². The fourth-order valence-electron chi connectivity index (χ4n) is 2.26. The maximum atomic E-state index is 5.98. The van der Waals surface area contributed by atoms with Gasteiger partial charge in [0.1, 0.15) is 0 Å². The third-order valence-electron chi connectivity index (χ3n) is 3.66. The van der Waals surface area contributed by atoms with Gasteiger partial charge in [-0.05, 0) is 50.2 Å². The smallest absolute Gasteiger partial charge is 0.191 e. The molecule has 0 saturated carbocycles. The summed E-state index contributed by atoms with van der Waals surface area (Å²) in [6.07, 6.45) is 2.36. The molecule has 0 saturated heterocycles. The predicted octanol–water partition coefficient (Wildman–Crippen LogP) is 3.75. The molecule has 0 aliphatic rings. The van der Waals surface area contributed by atoms with E-state index < -0.39 is 0 Å². The lowest BCUT2D eigenvalue weighted by Crippen LogP contribution is -2.37. The minimum Gasteiger partial charge on any atom is -0.356 e. The van der Waals surface area contributed by atoms with Crippen LogP contribution in [0, 0.1) is 0 Å². The summed E-state index contributed by atoms with van der Waals surface area (Å²) in [5.74, 6) is 0.836. The number of nitrogens with one attached hydrogen (secondary N) is 2. The molecule has 0 aliphatic heterocycles. The number of rotatable bonds is 9. The van der Waals surface area contributed by atoms with Gasteiger partial charge in [-0.1, -0.05) is 37.6 Å². The van der Waals surface area contributed by atoms with Gasteiger partial charge in [0.2, 0.25) is 0 Å². The maximum Gasteiger partial charge on any atom is 0.191 e. The van der Waals surface area contributed by atoms with Crippen LogP contribution in [0.1, 0.15) is 32.3 Å². The van der Waals surface area contributed by atoms with Crippen LogP contribution in [0.2, 0.25) is 5.02 Å². The van der Waals surface area contributed by atoms with Crippen molar-refractivity contribution in [2.24, 2.45) is 4.99 Å². The van der Waals surface area contributed by atoms with Crippen molar-refractivity contribution >= 4 is 41.5 Å². The average molecular weight is 453 g/mol. The summed E-state index contributed by atoms with van der Waals surface area (Å²) >= 11 is 5.98. The first kappa shape index (κ1) is 22.5. The first-order valence-corrected chi connectivity index (χ1v) is 8.48. The first-order chi connectivity index (χ1) is 10.7. The van der Waals surface area contributed by atoms with E-state index in [4.69, 9.17) is 11.6 Å². The highest BCUT2D eigenvalue weighted by Crippen LogP contribution is 2.10. The number of nitrogens with zero attached hydrogens (tertiary/aromatic N) is 2. The summed E-state index contributed by atoms with van der Waals surface area (Å²) in [7, 11) is 1.79. The monoisotopic (exact) mass is 452 g/mol. The highest BCUT2D eigenvalue weighted by Gasteiger charge is 2.00. The van der Waals surface area contributed by atoms with E-state index in [9.17, 15) is 0 Å². The molecule has 4 nitrogen and oxygen atoms in total. The molecule has 1 aromatic carbocycles. The summed E-state index contributed by atoms with van der Waals surface area (Å²) in [5.41, 5.74) is 1.15. The lowest BCUT2D eigenvalue weighted by Gasteiger charge is -2.18. The van der Waals surface area contributed by atoms with E-state index in [1.54, 1.807) is 7.05 Å². The Labute approximate surface area is 163 Å². The molecule has 0 aromatic heterocycles. The fourth-order valence-corrected chi connectivity index (χ4v) is 2.47. The normalized spacial score (nSPS) is 11.3. The van der Waals surface area contributed by atoms with E-state index in [-0.39, 0.29) is 24.0 Å². The summed E-state index contributed by atoms with van der Waals surface area (Å²) in [6, 6.07) is 7.86. The zero-order valence-electron chi connectivity index (χ0n) is 14.4. The van der Waals surface area contributed by atoms with E-state index in [1.807, 2.05) is 18.2 Å². The van der Waals surface area contributed by atoms with Crippen LogP contribution in [0.15, 0.2) is 29.3 Å². The molecule has 0 spiro atoms. The van der Waals surface area contributed by atoms with E-state index in [2.05, 4.69) is 40.4 Å². The highest BCUT2D eigenvalue weighted by atomic mass is 127. The molecule has 0 radical (unpaired) electrons. The Kier molecular flexibility index (Phi) is 13.5.